The third-order valence-corrected chi connectivity index (χ3v) is 4.64. The van der Waals surface area contributed by atoms with Crippen molar-refractivity contribution in [2.45, 2.75) is 4.34 Å². The van der Waals surface area contributed by atoms with Crippen molar-refractivity contribution < 1.29 is 4.79 Å². The first-order valence-corrected chi connectivity index (χ1v) is 8.28. The smallest absolute Gasteiger partial charge is 0.257 e. The molecule has 0 saturated carbocycles. The number of hydrogen-bond acceptors (Lipinski definition) is 8. The second-order valence-electron chi connectivity index (χ2n) is 4.23. The van der Waals surface area contributed by atoms with Crippen LogP contribution >= 0.6 is 23.1 Å². The van der Waals surface area contributed by atoms with Crippen LogP contribution < -0.4 is 5.32 Å². The highest BCUT2D eigenvalue weighted by atomic mass is 32.2. The summed E-state index contributed by atoms with van der Waals surface area (Å²) in [6.45, 7) is 3.65. The molecule has 0 bridgehead atoms. The first-order valence-electron chi connectivity index (χ1n) is 6.48. The predicted octanol–water partition coefficient (Wildman–Crippen LogP) is 2.04. The number of nitrogens with one attached hydrogen (secondary N) is 1. The minimum atomic E-state index is -0.267. The number of rotatable bonds is 6. The molecule has 0 fully saturated rings. The van der Waals surface area contributed by atoms with E-state index in [4.69, 9.17) is 0 Å². The molecule has 0 radical (unpaired) electrons. The molecule has 0 aliphatic carbocycles. The third kappa shape index (κ3) is 3.79. The fourth-order valence-electron chi connectivity index (χ4n) is 1.69. The summed E-state index contributed by atoms with van der Waals surface area (Å²) in [4.78, 5) is 12.3. The molecule has 0 atom stereocenters. The van der Waals surface area contributed by atoms with E-state index >= 15 is 0 Å². The van der Waals surface area contributed by atoms with Crippen molar-refractivity contribution in [2.75, 3.05) is 11.1 Å². The molecule has 1 aromatic carbocycles. The number of benzene rings is 1. The Balaban J connectivity index is 1.72. The zero-order valence-corrected chi connectivity index (χ0v) is 13.4. The van der Waals surface area contributed by atoms with Crippen LogP contribution in [0.25, 0.3) is 5.69 Å². The Labute approximate surface area is 139 Å². The lowest BCUT2D eigenvalue weighted by Crippen LogP contribution is -2.12. The second-order valence-corrected chi connectivity index (χ2v) is 6.48. The van der Waals surface area contributed by atoms with Gasteiger partial charge in [0.1, 0.15) is 6.33 Å². The van der Waals surface area contributed by atoms with Crippen LogP contribution in [0.4, 0.5) is 5.13 Å². The minimum Gasteiger partial charge on any atom is -0.296 e. The van der Waals surface area contributed by atoms with Gasteiger partial charge in [0.15, 0.2) is 4.34 Å². The van der Waals surface area contributed by atoms with Crippen molar-refractivity contribution in [1.29, 1.82) is 0 Å². The summed E-state index contributed by atoms with van der Waals surface area (Å²) in [5.41, 5.74) is 1.18. The van der Waals surface area contributed by atoms with Crippen LogP contribution in [0.5, 0.6) is 0 Å². The summed E-state index contributed by atoms with van der Waals surface area (Å²) >= 11 is 2.84. The Morgan fingerprint density at radius 1 is 1.43 bits per heavy atom. The highest BCUT2D eigenvalue weighted by Gasteiger charge is 2.11. The molecule has 8 nitrogen and oxygen atoms in total. The van der Waals surface area contributed by atoms with E-state index in [0.29, 0.717) is 16.4 Å². The molecule has 0 aliphatic rings. The number of tetrazole rings is 1. The largest absolute Gasteiger partial charge is 0.296 e. The molecule has 0 saturated heterocycles. The average Bonchev–Trinajstić information content (AvgIpc) is 3.25. The summed E-state index contributed by atoms with van der Waals surface area (Å²) in [6, 6.07) is 6.97. The van der Waals surface area contributed by atoms with E-state index in [1.54, 1.807) is 24.3 Å². The van der Waals surface area contributed by atoms with Gasteiger partial charge in [-0.1, -0.05) is 35.2 Å². The van der Waals surface area contributed by atoms with Crippen molar-refractivity contribution in [3.8, 4) is 5.69 Å². The van der Waals surface area contributed by atoms with E-state index < -0.39 is 0 Å². The van der Waals surface area contributed by atoms with Gasteiger partial charge < -0.3 is 0 Å². The lowest BCUT2D eigenvalue weighted by molar-refractivity contribution is 0.102. The zero-order valence-electron chi connectivity index (χ0n) is 11.8. The Morgan fingerprint density at radius 3 is 3.13 bits per heavy atom. The molecule has 116 valence electrons. The molecule has 2 aromatic heterocycles. The van der Waals surface area contributed by atoms with E-state index in [1.807, 2.05) is 6.07 Å². The van der Waals surface area contributed by atoms with Gasteiger partial charge in [0.25, 0.3) is 5.91 Å². The maximum absolute atomic E-state index is 12.3. The Hall–Kier alpha value is -2.59. The quantitative estimate of drug-likeness (QED) is 0.415. The highest BCUT2D eigenvalue weighted by Crippen LogP contribution is 2.25. The third-order valence-electron chi connectivity index (χ3n) is 2.67. The number of nitrogens with zero attached hydrogens (tertiary/aromatic N) is 6. The normalized spacial score (nSPS) is 10.4. The van der Waals surface area contributed by atoms with Crippen LogP contribution in [0.3, 0.4) is 0 Å². The molecule has 23 heavy (non-hydrogen) atoms. The number of hydrogen-bond donors (Lipinski definition) is 1. The van der Waals surface area contributed by atoms with Crippen LogP contribution in [0.15, 0.2) is 47.6 Å². The van der Waals surface area contributed by atoms with Crippen molar-refractivity contribution in [1.82, 2.24) is 30.4 Å². The highest BCUT2D eigenvalue weighted by molar-refractivity contribution is 8.01. The SMILES string of the molecule is C=CCSc1nnc(NC(=O)c2cccc(-n3cnnn3)c2)s1. The molecule has 0 spiro atoms. The Morgan fingerprint density at radius 2 is 2.35 bits per heavy atom. The van der Waals surface area contributed by atoms with Crippen molar-refractivity contribution >= 4 is 34.1 Å². The summed E-state index contributed by atoms with van der Waals surface area (Å²) < 4.78 is 2.26. The number of anilines is 1. The predicted molar refractivity (Wildman–Crippen MR) is 87.9 cm³/mol. The molecular formula is C13H11N7OS2. The maximum Gasteiger partial charge on any atom is 0.257 e. The van der Waals surface area contributed by atoms with Gasteiger partial charge in [0.05, 0.1) is 5.69 Å². The van der Waals surface area contributed by atoms with Crippen LogP contribution in [-0.4, -0.2) is 42.1 Å². The average molecular weight is 345 g/mol. The fraction of sp³-hybridized carbons (Fsp3) is 0.0769. The number of amides is 1. The molecule has 2 heterocycles. The summed E-state index contributed by atoms with van der Waals surface area (Å²) in [5.74, 6) is 0.479. The standard InChI is InChI=1S/C13H11N7OS2/c1-2-6-22-13-17-16-12(23-13)15-11(21)9-4-3-5-10(7-9)20-8-14-18-19-20/h2-5,7-8H,1,6H2,(H,15,16,21). The first-order chi connectivity index (χ1) is 11.3. The monoisotopic (exact) mass is 345 g/mol. The lowest BCUT2D eigenvalue weighted by Gasteiger charge is -2.04. The van der Waals surface area contributed by atoms with Gasteiger partial charge in [0, 0.05) is 11.3 Å². The fourth-order valence-corrected chi connectivity index (χ4v) is 3.20. The van der Waals surface area contributed by atoms with Gasteiger partial charge in [-0.15, -0.1) is 21.9 Å². The molecule has 3 rings (SSSR count). The van der Waals surface area contributed by atoms with Gasteiger partial charge in [0.2, 0.25) is 5.13 Å². The molecule has 10 heteroatoms. The van der Waals surface area contributed by atoms with Crippen molar-refractivity contribution in [3.63, 3.8) is 0 Å². The van der Waals surface area contributed by atoms with E-state index in [9.17, 15) is 4.79 Å². The minimum absolute atomic E-state index is 0.267. The Bertz CT molecular complexity index is 815. The molecule has 0 unspecified atom stereocenters. The first kappa shape index (κ1) is 15.3. The van der Waals surface area contributed by atoms with Gasteiger partial charge in [-0.3, -0.25) is 10.1 Å². The van der Waals surface area contributed by atoms with Crippen molar-refractivity contribution in [3.05, 3.63) is 48.8 Å². The summed E-state index contributed by atoms with van der Waals surface area (Å²) in [5, 5.41) is 22.1. The zero-order chi connectivity index (χ0) is 16.1. The molecule has 0 aliphatic heterocycles. The van der Waals surface area contributed by atoms with E-state index in [0.717, 1.165) is 10.1 Å². The number of carbonyl (C=O) groups is 1. The van der Waals surface area contributed by atoms with E-state index in [-0.39, 0.29) is 5.91 Å². The van der Waals surface area contributed by atoms with Gasteiger partial charge in [-0.2, -0.15) is 0 Å². The molecular weight excluding hydrogens is 334 g/mol. The molecule has 3 aromatic rings. The molecule has 1 N–H and O–H groups in total. The van der Waals surface area contributed by atoms with Crippen LogP contribution in [0.1, 0.15) is 10.4 Å². The molecule has 1 amide bonds. The summed E-state index contributed by atoms with van der Waals surface area (Å²) in [6.07, 6.45) is 3.25. The van der Waals surface area contributed by atoms with Crippen LogP contribution in [0, 0.1) is 0 Å². The van der Waals surface area contributed by atoms with Crippen molar-refractivity contribution in [2.24, 2.45) is 0 Å². The Kier molecular flexibility index (Phi) is 4.74. The van der Waals surface area contributed by atoms with Gasteiger partial charge in [-0.25, -0.2) is 4.68 Å². The van der Waals surface area contributed by atoms with Gasteiger partial charge >= 0.3 is 0 Å². The second kappa shape index (κ2) is 7.11. The lowest BCUT2D eigenvalue weighted by atomic mass is 10.2. The van der Waals surface area contributed by atoms with Crippen LogP contribution in [-0.2, 0) is 0 Å². The van der Waals surface area contributed by atoms with E-state index in [1.165, 1.54) is 34.1 Å². The van der Waals surface area contributed by atoms with Crippen LogP contribution in [0.2, 0.25) is 0 Å². The van der Waals surface area contributed by atoms with Gasteiger partial charge in [-0.05, 0) is 28.6 Å². The number of aromatic nitrogens is 6. The summed E-state index contributed by atoms with van der Waals surface area (Å²) in [7, 11) is 0. The number of carbonyl (C=O) groups excluding carboxylic acids is 1. The topological polar surface area (TPSA) is 98.5 Å². The van der Waals surface area contributed by atoms with E-state index in [2.05, 4.69) is 37.6 Å². The maximum atomic E-state index is 12.3. The number of thioether (sulfide) groups is 1.